The van der Waals surface area contributed by atoms with Crippen molar-refractivity contribution in [3.8, 4) is 0 Å². The molecule has 0 radical (unpaired) electrons. The van der Waals surface area contributed by atoms with Crippen LogP contribution in [-0.2, 0) is 9.59 Å². The zero-order valence-electron chi connectivity index (χ0n) is 29.1. The number of benzene rings is 2. The topological polar surface area (TPSA) is 166 Å². The molecule has 5 amide bonds. The van der Waals surface area contributed by atoms with Crippen LogP contribution in [0.15, 0.2) is 52.9 Å². The Kier molecular flexibility index (Phi) is 9.87. The maximum atomic E-state index is 13.4. The number of unbranched alkanes of at least 4 members (excludes halogenated alkanes) is 2. The molecule has 270 valence electrons. The summed E-state index contributed by atoms with van der Waals surface area (Å²) in [5.41, 5.74) is 1.85. The maximum Gasteiger partial charge on any atom is 0.287 e. The lowest BCUT2D eigenvalue weighted by atomic mass is 9.89. The van der Waals surface area contributed by atoms with Crippen LogP contribution in [0.2, 0.25) is 0 Å². The number of rotatable bonds is 12. The van der Waals surface area contributed by atoms with Gasteiger partial charge in [0.25, 0.3) is 23.6 Å². The van der Waals surface area contributed by atoms with Gasteiger partial charge in [-0.3, -0.25) is 43.4 Å². The van der Waals surface area contributed by atoms with Crippen LogP contribution in [-0.4, -0.2) is 102 Å². The molecule has 1 unspecified atom stereocenters. The molecule has 0 bridgehead atoms. The number of nitrogens with one attached hydrogen (secondary N) is 2. The van der Waals surface area contributed by atoms with Crippen molar-refractivity contribution in [2.75, 3.05) is 45.1 Å². The maximum absolute atomic E-state index is 13.4. The fraction of sp³-hybridized carbons (Fsp3) is 0.410. The number of hydrogen-bond donors (Lipinski definition) is 2. The summed E-state index contributed by atoms with van der Waals surface area (Å²) in [6, 6.07) is 12.1. The van der Waals surface area contributed by atoms with E-state index in [1.807, 2.05) is 0 Å². The monoisotopic (exact) mass is 707 g/mol. The minimum atomic E-state index is -0.976. The standard InChI is InChI=1S/C39H41N5O8/c1-42-31(45)14-13-29(38(42)50)44-37(49)26-11-7-12-28(32(26)39(44)51)40-17-6-2-3-8-23-15-19-43(20-16-23)21-18-41-36(48)30-22-27-33(46)24-9-4-5-10-25(24)34(47)35(27)52-30/h4-5,7,9-12,22-23,29,40H,2-3,6,8,13-21H2,1H3,(H,41,48). The lowest BCUT2D eigenvalue weighted by Crippen LogP contribution is -2.54. The molecule has 1 aliphatic carbocycles. The molecule has 2 aromatic carbocycles. The number of imide groups is 2. The molecule has 2 N–H and O–H groups in total. The average molecular weight is 708 g/mol. The first-order valence-corrected chi connectivity index (χ1v) is 18.0. The van der Waals surface area contributed by atoms with Crippen molar-refractivity contribution in [2.45, 2.75) is 57.4 Å². The molecule has 1 aromatic heterocycles. The van der Waals surface area contributed by atoms with Crippen LogP contribution in [0.3, 0.4) is 0 Å². The predicted octanol–water partition coefficient (Wildman–Crippen LogP) is 3.91. The summed E-state index contributed by atoms with van der Waals surface area (Å²) < 4.78 is 5.56. The van der Waals surface area contributed by atoms with Crippen molar-refractivity contribution >= 4 is 46.8 Å². The molecule has 1 atom stereocenters. The normalized spacial score (nSPS) is 19.2. The van der Waals surface area contributed by atoms with Crippen LogP contribution < -0.4 is 10.6 Å². The smallest absolute Gasteiger partial charge is 0.287 e. The summed E-state index contributed by atoms with van der Waals surface area (Å²) in [5, 5.41) is 6.18. The van der Waals surface area contributed by atoms with Gasteiger partial charge in [0.15, 0.2) is 17.3 Å². The first-order chi connectivity index (χ1) is 25.1. The number of likely N-dealkylation sites (tertiary alicyclic amines) is 2. The summed E-state index contributed by atoms with van der Waals surface area (Å²) in [5.74, 6) is -2.53. The Morgan fingerprint density at radius 2 is 1.54 bits per heavy atom. The van der Waals surface area contributed by atoms with E-state index in [9.17, 15) is 33.6 Å². The molecule has 0 spiro atoms. The number of hydrogen-bond acceptors (Lipinski definition) is 10. The van der Waals surface area contributed by atoms with Crippen molar-refractivity contribution in [1.82, 2.24) is 20.0 Å². The number of ketones is 2. The van der Waals surface area contributed by atoms with Gasteiger partial charge in [0.1, 0.15) is 6.04 Å². The zero-order chi connectivity index (χ0) is 36.5. The SMILES string of the molecule is CN1C(=O)CCC(N2C(=O)c3cccc(NCCCCCC4CCN(CCNC(=O)c5cc6c(o5)C(=O)c5ccccc5C6=O)CC4)c3C2=O)C1=O. The second kappa shape index (κ2) is 14.7. The molecular formula is C39H41N5O8. The molecule has 0 saturated carbocycles. The molecule has 2 saturated heterocycles. The quantitative estimate of drug-likeness (QED) is 0.163. The summed E-state index contributed by atoms with van der Waals surface area (Å²) in [6.45, 7) is 3.64. The fourth-order valence-corrected chi connectivity index (χ4v) is 7.73. The number of piperidine rings is 2. The highest BCUT2D eigenvalue weighted by molar-refractivity contribution is 6.28. The second-order valence-corrected chi connectivity index (χ2v) is 13.9. The first-order valence-electron chi connectivity index (χ1n) is 18.0. The molecule has 4 heterocycles. The van der Waals surface area contributed by atoms with E-state index in [0.717, 1.165) is 61.4 Å². The number of furan rings is 1. The molecule has 13 heteroatoms. The van der Waals surface area contributed by atoms with E-state index in [1.54, 1.807) is 42.5 Å². The Morgan fingerprint density at radius 1 is 0.808 bits per heavy atom. The molecular weight excluding hydrogens is 666 g/mol. The third-order valence-electron chi connectivity index (χ3n) is 10.7. The molecule has 3 aliphatic heterocycles. The van der Waals surface area contributed by atoms with Crippen LogP contribution >= 0.6 is 0 Å². The number of likely N-dealkylation sites (N-methyl/N-ethyl adjacent to an activating group) is 1. The summed E-state index contributed by atoms with van der Waals surface area (Å²) in [6.07, 6.45) is 6.53. The zero-order valence-corrected chi connectivity index (χ0v) is 29.1. The van der Waals surface area contributed by atoms with Crippen molar-refractivity contribution < 1.29 is 38.0 Å². The Morgan fingerprint density at radius 3 is 2.31 bits per heavy atom. The minimum absolute atomic E-state index is 0.0449. The van der Waals surface area contributed by atoms with Gasteiger partial charge in [-0.25, -0.2) is 0 Å². The van der Waals surface area contributed by atoms with E-state index in [4.69, 9.17) is 4.42 Å². The molecule has 2 fully saturated rings. The van der Waals surface area contributed by atoms with E-state index >= 15 is 0 Å². The van der Waals surface area contributed by atoms with Gasteiger partial charge >= 0.3 is 0 Å². The highest BCUT2D eigenvalue weighted by Crippen LogP contribution is 2.34. The number of nitrogens with zero attached hydrogens (tertiary/aromatic N) is 3. The van der Waals surface area contributed by atoms with Crippen molar-refractivity contribution in [1.29, 1.82) is 0 Å². The van der Waals surface area contributed by atoms with E-state index < -0.39 is 35.5 Å². The highest BCUT2D eigenvalue weighted by atomic mass is 16.4. The van der Waals surface area contributed by atoms with Gasteiger partial charge in [0, 0.05) is 56.0 Å². The fourth-order valence-electron chi connectivity index (χ4n) is 7.73. The van der Waals surface area contributed by atoms with Crippen LogP contribution in [0.1, 0.15) is 115 Å². The number of fused-ring (bicyclic) bond motifs is 3. The Labute approximate surface area is 300 Å². The van der Waals surface area contributed by atoms with E-state index in [-0.39, 0.29) is 58.3 Å². The third kappa shape index (κ3) is 6.56. The van der Waals surface area contributed by atoms with Crippen LogP contribution in [0.5, 0.6) is 0 Å². The highest BCUT2D eigenvalue weighted by Gasteiger charge is 2.47. The molecule has 52 heavy (non-hydrogen) atoms. The summed E-state index contributed by atoms with van der Waals surface area (Å²) >= 11 is 0. The number of carbonyl (C=O) groups excluding carboxylic acids is 7. The van der Waals surface area contributed by atoms with Crippen LogP contribution in [0.4, 0.5) is 5.69 Å². The minimum Gasteiger partial charge on any atom is -0.447 e. The van der Waals surface area contributed by atoms with Gasteiger partial charge in [0.05, 0.1) is 16.7 Å². The lowest BCUT2D eigenvalue weighted by Gasteiger charge is -2.32. The Hall–Kier alpha value is -5.43. The third-order valence-corrected chi connectivity index (χ3v) is 10.7. The van der Waals surface area contributed by atoms with Crippen LogP contribution in [0.25, 0.3) is 0 Å². The summed E-state index contributed by atoms with van der Waals surface area (Å²) in [7, 11) is 1.38. The lowest BCUT2D eigenvalue weighted by molar-refractivity contribution is -0.149. The summed E-state index contributed by atoms with van der Waals surface area (Å²) in [4.78, 5) is 94.0. The Balaban J connectivity index is 0.795. The molecule has 3 aromatic rings. The largest absolute Gasteiger partial charge is 0.447 e. The van der Waals surface area contributed by atoms with Crippen molar-refractivity contribution in [3.05, 3.63) is 87.9 Å². The van der Waals surface area contributed by atoms with Gasteiger partial charge in [-0.1, -0.05) is 49.6 Å². The van der Waals surface area contributed by atoms with Crippen molar-refractivity contribution in [3.63, 3.8) is 0 Å². The Bertz CT molecular complexity index is 1920. The molecule has 7 rings (SSSR count). The molecule has 4 aliphatic rings. The number of anilines is 1. The van der Waals surface area contributed by atoms with E-state index in [0.29, 0.717) is 36.8 Å². The molecule has 13 nitrogen and oxygen atoms in total. The predicted molar refractivity (Wildman–Crippen MR) is 188 cm³/mol. The van der Waals surface area contributed by atoms with Gasteiger partial charge in [-0.05, 0) is 56.8 Å². The van der Waals surface area contributed by atoms with Gasteiger partial charge in [-0.15, -0.1) is 0 Å². The van der Waals surface area contributed by atoms with E-state index in [1.165, 1.54) is 13.1 Å². The number of carbonyl (C=O) groups is 7. The van der Waals surface area contributed by atoms with Gasteiger partial charge < -0.3 is 20.0 Å². The first kappa shape index (κ1) is 35.0. The van der Waals surface area contributed by atoms with E-state index in [2.05, 4.69) is 15.5 Å². The van der Waals surface area contributed by atoms with Gasteiger partial charge in [-0.2, -0.15) is 0 Å². The van der Waals surface area contributed by atoms with Gasteiger partial charge in [0.2, 0.25) is 11.7 Å². The average Bonchev–Trinajstić information content (AvgIpc) is 3.72. The van der Waals surface area contributed by atoms with Crippen molar-refractivity contribution in [2.24, 2.45) is 5.92 Å². The second-order valence-electron chi connectivity index (χ2n) is 13.9. The van der Waals surface area contributed by atoms with Crippen LogP contribution in [0, 0.1) is 5.92 Å². The number of amides is 5.